The number of fused-ring (bicyclic) bond motifs is 1. The second-order valence-electron chi connectivity index (χ2n) is 5.66. The first-order valence-electron chi connectivity index (χ1n) is 7.56. The highest BCUT2D eigenvalue weighted by molar-refractivity contribution is 6.07. The molecule has 0 atom stereocenters. The van der Waals surface area contributed by atoms with Crippen LogP contribution in [0.2, 0.25) is 0 Å². The van der Waals surface area contributed by atoms with Crippen molar-refractivity contribution < 1.29 is 14.3 Å². The summed E-state index contributed by atoms with van der Waals surface area (Å²) in [6, 6.07) is 13.7. The normalized spacial score (nSPS) is 11.0. The van der Waals surface area contributed by atoms with Crippen molar-refractivity contribution in [2.24, 2.45) is 0 Å². The summed E-state index contributed by atoms with van der Waals surface area (Å²) < 4.78 is 6.43. The van der Waals surface area contributed by atoms with Gasteiger partial charge in [0.05, 0.1) is 11.6 Å². The number of carbonyl (C=O) groups is 2. The van der Waals surface area contributed by atoms with Gasteiger partial charge in [0.15, 0.2) is 5.69 Å². The van der Waals surface area contributed by atoms with E-state index in [2.05, 4.69) is 5.10 Å². The minimum atomic E-state index is -0.555. The monoisotopic (exact) mass is 323 g/mol. The zero-order valence-corrected chi connectivity index (χ0v) is 13.4. The Morgan fingerprint density at radius 2 is 1.88 bits per heavy atom. The first-order valence-corrected chi connectivity index (χ1v) is 7.56. The Morgan fingerprint density at radius 3 is 2.58 bits per heavy atom. The van der Waals surface area contributed by atoms with Crippen LogP contribution in [-0.4, -0.2) is 27.8 Å². The van der Waals surface area contributed by atoms with E-state index in [1.54, 1.807) is 62.4 Å². The van der Waals surface area contributed by atoms with Crippen LogP contribution in [-0.2, 0) is 4.74 Å². The van der Waals surface area contributed by atoms with Crippen LogP contribution in [0.15, 0.2) is 48.5 Å². The van der Waals surface area contributed by atoms with E-state index in [0.29, 0.717) is 22.2 Å². The lowest BCUT2D eigenvalue weighted by atomic mass is 10.2. The van der Waals surface area contributed by atoms with Crippen LogP contribution in [0.4, 0.5) is 5.69 Å². The van der Waals surface area contributed by atoms with Crippen molar-refractivity contribution >= 4 is 28.5 Å². The maximum absolute atomic E-state index is 12.8. The predicted octanol–water partition coefficient (Wildman–Crippen LogP) is 2.87. The van der Waals surface area contributed by atoms with Crippen LogP contribution in [0.3, 0.4) is 0 Å². The quantitative estimate of drug-likeness (QED) is 0.591. The first-order chi connectivity index (χ1) is 11.5. The molecule has 0 aliphatic carbocycles. The SMILES string of the molecule is CC(C)OC(=O)c1nn(C(=O)c2cccc(N)c2)c2ccccc12. The summed E-state index contributed by atoms with van der Waals surface area (Å²) in [7, 11) is 0. The zero-order valence-electron chi connectivity index (χ0n) is 13.4. The standard InChI is InChI=1S/C18H17N3O3/c1-11(2)24-18(23)16-14-8-3-4-9-15(14)21(20-16)17(22)12-6-5-7-13(19)10-12/h3-11H,19H2,1-2H3. The van der Waals surface area contributed by atoms with Gasteiger partial charge < -0.3 is 10.5 Å². The van der Waals surface area contributed by atoms with E-state index in [0.717, 1.165) is 0 Å². The molecule has 0 saturated carbocycles. The molecule has 0 bridgehead atoms. The number of hydrogen-bond donors (Lipinski definition) is 1. The van der Waals surface area contributed by atoms with Gasteiger partial charge in [0, 0.05) is 16.6 Å². The number of aromatic nitrogens is 2. The van der Waals surface area contributed by atoms with Crippen molar-refractivity contribution in [2.45, 2.75) is 20.0 Å². The number of nitrogens with two attached hydrogens (primary N) is 1. The Bertz CT molecular complexity index is 928. The van der Waals surface area contributed by atoms with Crippen molar-refractivity contribution in [1.29, 1.82) is 0 Å². The predicted molar refractivity (Wildman–Crippen MR) is 90.9 cm³/mol. The minimum absolute atomic E-state index is 0.122. The number of carbonyl (C=O) groups excluding carboxylic acids is 2. The van der Waals surface area contributed by atoms with Gasteiger partial charge in [-0.05, 0) is 38.1 Å². The fraction of sp³-hybridized carbons (Fsp3) is 0.167. The number of nitrogen functional groups attached to an aromatic ring is 1. The number of nitrogens with zero attached hydrogens (tertiary/aromatic N) is 2. The van der Waals surface area contributed by atoms with E-state index in [-0.39, 0.29) is 17.7 Å². The molecule has 0 spiro atoms. The molecular weight excluding hydrogens is 306 g/mol. The lowest BCUT2D eigenvalue weighted by molar-refractivity contribution is 0.0372. The van der Waals surface area contributed by atoms with Crippen LogP contribution in [0.5, 0.6) is 0 Å². The van der Waals surface area contributed by atoms with Crippen LogP contribution < -0.4 is 5.73 Å². The van der Waals surface area contributed by atoms with E-state index in [1.807, 2.05) is 0 Å². The molecule has 1 heterocycles. The Labute approximate surface area is 138 Å². The van der Waals surface area contributed by atoms with Gasteiger partial charge in [-0.15, -0.1) is 0 Å². The van der Waals surface area contributed by atoms with Crippen molar-refractivity contribution in [2.75, 3.05) is 5.73 Å². The van der Waals surface area contributed by atoms with Crippen LogP contribution in [0, 0.1) is 0 Å². The summed E-state index contributed by atoms with van der Waals surface area (Å²) in [5.74, 6) is -0.914. The molecule has 3 aromatic rings. The van der Waals surface area contributed by atoms with Gasteiger partial charge in [-0.3, -0.25) is 4.79 Å². The van der Waals surface area contributed by atoms with Gasteiger partial charge in [0.2, 0.25) is 0 Å². The second kappa shape index (κ2) is 6.16. The van der Waals surface area contributed by atoms with E-state index in [1.165, 1.54) is 4.68 Å². The molecule has 3 rings (SSSR count). The number of ether oxygens (including phenoxy) is 1. The topological polar surface area (TPSA) is 87.2 Å². The summed E-state index contributed by atoms with van der Waals surface area (Å²) in [5, 5.41) is 4.77. The molecule has 0 unspecified atom stereocenters. The van der Waals surface area contributed by atoms with Crippen molar-refractivity contribution in [3.63, 3.8) is 0 Å². The molecule has 122 valence electrons. The van der Waals surface area contributed by atoms with E-state index in [9.17, 15) is 9.59 Å². The third-order valence-corrected chi connectivity index (χ3v) is 3.45. The lowest BCUT2D eigenvalue weighted by Gasteiger charge is -2.05. The molecule has 0 radical (unpaired) electrons. The Hall–Kier alpha value is -3.15. The fourth-order valence-electron chi connectivity index (χ4n) is 2.44. The van der Waals surface area contributed by atoms with Gasteiger partial charge in [0.1, 0.15) is 0 Å². The summed E-state index contributed by atoms with van der Waals surface area (Å²) in [6.07, 6.45) is -0.272. The first kappa shape index (κ1) is 15.7. The Balaban J connectivity index is 2.12. The zero-order chi connectivity index (χ0) is 17.3. The number of esters is 1. The van der Waals surface area contributed by atoms with Gasteiger partial charge in [-0.25, -0.2) is 4.79 Å². The average Bonchev–Trinajstić information content (AvgIpc) is 2.93. The highest BCUT2D eigenvalue weighted by Gasteiger charge is 2.22. The number of rotatable bonds is 3. The summed E-state index contributed by atoms with van der Waals surface area (Å²) >= 11 is 0. The van der Waals surface area contributed by atoms with E-state index in [4.69, 9.17) is 10.5 Å². The maximum Gasteiger partial charge on any atom is 0.359 e. The molecule has 0 saturated heterocycles. The molecule has 2 N–H and O–H groups in total. The van der Waals surface area contributed by atoms with Gasteiger partial charge in [-0.2, -0.15) is 9.78 Å². The molecule has 0 aliphatic heterocycles. The summed E-state index contributed by atoms with van der Waals surface area (Å²) in [6.45, 7) is 3.52. The molecule has 24 heavy (non-hydrogen) atoms. The lowest BCUT2D eigenvalue weighted by Crippen LogP contribution is -2.16. The Morgan fingerprint density at radius 1 is 1.12 bits per heavy atom. The van der Waals surface area contributed by atoms with Crippen molar-refractivity contribution in [1.82, 2.24) is 9.78 Å². The number of para-hydroxylation sites is 1. The molecule has 0 aliphatic rings. The fourth-order valence-corrected chi connectivity index (χ4v) is 2.44. The minimum Gasteiger partial charge on any atom is -0.458 e. The van der Waals surface area contributed by atoms with Crippen molar-refractivity contribution in [3.8, 4) is 0 Å². The summed E-state index contributed by atoms with van der Waals surface area (Å²) in [4.78, 5) is 25.0. The van der Waals surface area contributed by atoms with E-state index >= 15 is 0 Å². The molecule has 0 amide bonds. The third-order valence-electron chi connectivity index (χ3n) is 3.45. The Kier molecular flexibility index (Phi) is 4.04. The highest BCUT2D eigenvalue weighted by atomic mass is 16.5. The molecule has 0 fully saturated rings. The average molecular weight is 323 g/mol. The number of benzene rings is 2. The second-order valence-corrected chi connectivity index (χ2v) is 5.66. The smallest absolute Gasteiger partial charge is 0.359 e. The van der Waals surface area contributed by atoms with Gasteiger partial charge in [0.25, 0.3) is 5.91 Å². The molecule has 2 aromatic carbocycles. The maximum atomic E-state index is 12.8. The summed E-state index contributed by atoms with van der Waals surface area (Å²) in [5.41, 5.74) is 7.28. The van der Waals surface area contributed by atoms with Gasteiger partial charge in [-0.1, -0.05) is 24.3 Å². The van der Waals surface area contributed by atoms with Crippen LogP contribution in [0.25, 0.3) is 10.9 Å². The molecule has 1 aromatic heterocycles. The van der Waals surface area contributed by atoms with Crippen molar-refractivity contribution in [3.05, 3.63) is 59.8 Å². The molecule has 6 nitrogen and oxygen atoms in total. The number of hydrogen-bond acceptors (Lipinski definition) is 5. The molecule has 6 heteroatoms. The third kappa shape index (κ3) is 2.86. The number of anilines is 1. The van der Waals surface area contributed by atoms with Crippen LogP contribution >= 0.6 is 0 Å². The van der Waals surface area contributed by atoms with Gasteiger partial charge >= 0.3 is 5.97 Å². The van der Waals surface area contributed by atoms with Crippen LogP contribution in [0.1, 0.15) is 34.7 Å². The molecular formula is C18H17N3O3. The highest BCUT2D eigenvalue weighted by Crippen LogP contribution is 2.21. The largest absolute Gasteiger partial charge is 0.458 e. The van der Waals surface area contributed by atoms with E-state index < -0.39 is 5.97 Å².